The summed E-state index contributed by atoms with van der Waals surface area (Å²) in [6.45, 7) is 4.65. The van der Waals surface area contributed by atoms with Crippen molar-refractivity contribution in [2.45, 2.75) is 12.5 Å². The van der Waals surface area contributed by atoms with Gasteiger partial charge in [-0.05, 0) is 48.4 Å². The van der Waals surface area contributed by atoms with E-state index in [0.717, 1.165) is 47.2 Å². The number of aromatic nitrogens is 2. The Labute approximate surface area is 192 Å². The second kappa shape index (κ2) is 8.71. The topological polar surface area (TPSA) is 63.9 Å². The lowest BCUT2D eigenvalue weighted by Crippen LogP contribution is -2.64. The van der Waals surface area contributed by atoms with Crippen molar-refractivity contribution in [3.05, 3.63) is 83.7 Å². The first-order chi connectivity index (χ1) is 16.1. The SMILES string of the molecule is COc1cc(C=CC2=NOCC3(c4ccc(F)cc4)CNCCN23)ccc1-n1cnc(C)c1. The first kappa shape index (κ1) is 21.2. The first-order valence-electron chi connectivity index (χ1n) is 10.9. The molecular weight excluding hydrogens is 421 g/mol. The third-order valence-corrected chi connectivity index (χ3v) is 6.18. The van der Waals surface area contributed by atoms with Crippen LogP contribution in [0.25, 0.3) is 11.8 Å². The van der Waals surface area contributed by atoms with Gasteiger partial charge in [0.05, 0.1) is 24.8 Å². The zero-order valence-corrected chi connectivity index (χ0v) is 18.7. The summed E-state index contributed by atoms with van der Waals surface area (Å²) in [4.78, 5) is 12.2. The van der Waals surface area contributed by atoms with Crippen molar-refractivity contribution >= 4 is 11.9 Å². The van der Waals surface area contributed by atoms with Crippen LogP contribution in [0.2, 0.25) is 0 Å². The molecule has 2 aliphatic heterocycles. The number of imidazole rings is 1. The Bertz CT molecular complexity index is 1200. The molecule has 1 unspecified atom stereocenters. The van der Waals surface area contributed by atoms with Crippen LogP contribution in [0.4, 0.5) is 4.39 Å². The van der Waals surface area contributed by atoms with Crippen LogP contribution in [0.3, 0.4) is 0 Å². The Morgan fingerprint density at radius 1 is 1.18 bits per heavy atom. The molecule has 0 saturated carbocycles. The second-order valence-electron chi connectivity index (χ2n) is 8.28. The number of fused-ring (bicyclic) bond motifs is 1. The number of amidine groups is 1. The average molecular weight is 448 g/mol. The minimum atomic E-state index is -0.436. The van der Waals surface area contributed by atoms with E-state index in [0.29, 0.717) is 13.2 Å². The monoisotopic (exact) mass is 447 g/mol. The molecule has 7 nitrogen and oxygen atoms in total. The lowest BCUT2D eigenvalue weighted by Gasteiger charge is -2.49. The summed E-state index contributed by atoms with van der Waals surface area (Å²) in [5.41, 5.74) is 3.40. The van der Waals surface area contributed by atoms with Gasteiger partial charge < -0.3 is 24.4 Å². The molecule has 1 N–H and O–H groups in total. The van der Waals surface area contributed by atoms with Crippen LogP contribution >= 0.6 is 0 Å². The number of hydrogen-bond donors (Lipinski definition) is 1. The van der Waals surface area contributed by atoms with Crippen molar-refractivity contribution in [2.75, 3.05) is 33.4 Å². The fraction of sp³-hybridized carbons (Fsp3) is 0.280. The fourth-order valence-corrected chi connectivity index (χ4v) is 4.47. The Hall–Kier alpha value is -3.65. The standard InChI is InChI=1S/C25H26FN5O2/c1-18-14-30(17-28-18)22-9-3-19(13-23(22)32-2)4-10-24-29-33-16-25(15-27-11-12-31(24)25)20-5-7-21(26)8-6-20/h3-10,13-14,17,27H,11-12,15-16H2,1-2H3. The molecule has 0 aliphatic carbocycles. The number of oxime groups is 1. The number of piperazine rings is 1. The van der Waals surface area contributed by atoms with E-state index < -0.39 is 5.54 Å². The number of nitrogens with one attached hydrogen (secondary N) is 1. The lowest BCUT2D eigenvalue weighted by molar-refractivity contribution is -0.0154. The molecule has 2 aromatic carbocycles. The predicted octanol–water partition coefficient (Wildman–Crippen LogP) is 3.49. The maximum atomic E-state index is 13.5. The van der Waals surface area contributed by atoms with Crippen LogP contribution in [-0.4, -0.2) is 53.6 Å². The van der Waals surface area contributed by atoms with Crippen molar-refractivity contribution in [1.82, 2.24) is 19.8 Å². The fourth-order valence-electron chi connectivity index (χ4n) is 4.47. The third-order valence-electron chi connectivity index (χ3n) is 6.18. The largest absolute Gasteiger partial charge is 0.495 e. The molecule has 2 aliphatic rings. The molecule has 0 spiro atoms. The summed E-state index contributed by atoms with van der Waals surface area (Å²) in [6, 6.07) is 12.7. The van der Waals surface area contributed by atoms with E-state index in [1.54, 1.807) is 13.4 Å². The maximum absolute atomic E-state index is 13.5. The second-order valence-corrected chi connectivity index (χ2v) is 8.28. The number of aryl methyl sites for hydroxylation is 1. The molecular formula is C25H26FN5O2. The highest BCUT2D eigenvalue weighted by molar-refractivity contribution is 5.97. The maximum Gasteiger partial charge on any atom is 0.169 e. The van der Waals surface area contributed by atoms with Crippen LogP contribution in [0, 0.1) is 12.7 Å². The Morgan fingerprint density at radius 3 is 2.79 bits per heavy atom. The summed E-state index contributed by atoms with van der Waals surface area (Å²) in [7, 11) is 1.66. The van der Waals surface area contributed by atoms with Crippen molar-refractivity contribution in [1.29, 1.82) is 0 Å². The molecule has 3 heterocycles. The summed E-state index contributed by atoms with van der Waals surface area (Å²) >= 11 is 0. The molecule has 1 atom stereocenters. The molecule has 170 valence electrons. The molecule has 8 heteroatoms. The Kier molecular flexibility index (Phi) is 5.60. The van der Waals surface area contributed by atoms with E-state index in [2.05, 4.69) is 20.4 Å². The lowest BCUT2D eigenvalue weighted by atomic mass is 9.86. The van der Waals surface area contributed by atoms with E-state index in [-0.39, 0.29) is 5.82 Å². The molecule has 1 saturated heterocycles. The van der Waals surface area contributed by atoms with E-state index >= 15 is 0 Å². The van der Waals surface area contributed by atoms with Crippen molar-refractivity contribution < 1.29 is 14.0 Å². The van der Waals surface area contributed by atoms with Gasteiger partial charge in [0.25, 0.3) is 0 Å². The zero-order chi connectivity index (χ0) is 22.8. The number of ether oxygens (including phenoxy) is 1. The summed E-state index contributed by atoms with van der Waals surface area (Å²) in [6.07, 6.45) is 7.69. The number of halogens is 1. The molecule has 3 aromatic rings. The molecule has 0 bridgehead atoms. The van der Waals surface area contributed by atoms with Crippen LogP contribution in [0.1, 0.15) is 16.8 Å². The highest BCUT2D eigenvalue weighted by Gasteiger charge is 2.45. The normalized spacial score (nSPS) is 20.3. The van der Waals surface area contributed by atoms with Crippen LogP contribution in [0.5, 0.6) is 5.75 Å². The number of rotatable bonds is 5. The molecule has 0 radical (unpaired) electrons. The van der Waals surface area contributed by atoms with Gasteiger partial charge in [0.1, 0.15) is 23.7 Å². The number of hydrogen-bond acceptors (Lipinski definition) is 6. The predicted molar refractivity (Wildman–Crippen MR) is 125 cm³/mol. The summed E-state index contributed by atoms with van der Waals surface area (Å²) in [5.74, 6) is 1.23. The quantitative estimate of drug-likeness (QED) is 0.649. The van der Waals surface area contributed by atoms with Gasteiger partial charge in [0.15, 0.2) is 5.84 Å². The van der Waals surface area contributed by atoms with Gasteiger partial charge in [-0.1, -0.05) is 29.4 Å². The molecule has 1 aromatic heterocycles. The summed E-state index contributed by atoms with van der Waals surface area (Å²) in [5, 5.41) is 7.79. The summed E-state index contributed by atoms with van der Waals surface area (Å²) < 4.78 is 21.1. The van der Waals surface area contributed by atoms with Crippen LogP contribution in [0.15, 0.2) is 66.2 Å². The Balaban J connectivity index is 1.43. The van der Waals surface area contributed by atoms with Gasteiger partial charge >= 0.3 is 0 Å². The first-order valence-corrected chi connectivity index (χ1v) is 10.9. The highest BCUT2D eigenvalue weighted by Crippen LogP contribution is 2.34. The Morgan fingerprint density at radius 2 is 2.03 bits per heavy atom. The molecule has 0 amide bonds. The van der Waals surface area contributed by atoms with Crippen LogP contribution in [-0.2, 0) is 10.4 Å². The van der Waals surface area contributed by atoms with Gasteiger partial charge in [-0.15, -0.1) is 0 Å². The number of benzene rings is 2. The minimum Gasteiger partial charge on any atom is -0.495 e. The molecule has 5 rings (SSSR count). The van der Waals surface area contributed by atoms with E-state index in [4.69, 9.17) is 9.57 Å². The highest BCUT2D eigenvalue weighted by atomic mass is 19.1. The van der Waals surface area contributed by atoms with Gasteiger partial charge in [0.2, 0.25) is 0 Å². The van der Waals surface area contributed by atoms with Crippen molar-refractivity contribution in [3.8, 4) is 11.4 Å². The van der Waals surface area contributed by atoms with Crippen molar-refractivity contribution in [3.63, 3.8) is 0 Å². The minimum absolute atomic E-state index is 0.251. The van der Waals surface area contributed by atoms with E-state index in [1.807, 2.05) is 60.2 Å². The van der Waals surface area contributed by atoms with Gasteiger partial charge in [-0.3, -0.25) is 0 Å². The molecule has 1 fully saturated rings. The van der Waals surface area contributed by atoms with Crippen LogP contribution < -0.4 is 10.1 Å². The number of nitrogens with zero attached hydrogens (tertiary/aromatic N) is 4. The number of methoxy groups -OCH3 is 1. The zero-order valence-electron chi connectivity index (χ0n) is 18.7. The average Bonchev–Trinajstić information content (AvgIpc) is 3.28. The smallest absolute Gasteiger partial charge is 0.169 e. The van der Waals surface area contributed by atoms with E-state index in [9.17, 15) is 4.39 Å². The van der Waals surface area contributed by atoms with E-state index in [1.165, 1.54) is 12.1 Å². The third kappa shape index (κ3) is 3.98. The van der Waals surface area contributed by atoms with Gasteiger partial charge in [-0.2, -0.15) is 0 Å². The molecule has 33 heavy (non-hydrogen) atoms. The van der Waals surface area contributed by atoms with Crippen molar-refractivity contribution in [2.24, 2.45) is 5.16 Å². The van der Waals surface area contributed by atoms with Gasteiger partial charge in [0, 0.05) is 25.8 Å². The van der Waals surface area contributed by atoms with Gasteiger partial charge in [-0.25, -0.2) is 9.37 Å².